The van der Waals surface area contributed by atoms with E-state index in [1.807, 2.05) is 23.7 Å². The molecule has 1 aromatic heterocycles. The summed E-state index contributed by atoms with van der Waals surface area (Å²) in [5.74, 6) is 0.694. The summed E-state index contributed by atoms with van der Waals surface area (Å²) < 4.78 is 5.17. The Kier molecular flexibility index (Phi) is 2.60. The maximum Gasteiger partial charge on any atom is 0.142 e. The molecule has 2 rings (SSSR count). The zero-order valence-electron chi connectivity index (χ0n) is 8.65. The molecule has 15 heavy (non-hydrogen) atoms. The fourth-order valence-electron chi connectivity index (χ4n) is 1.44. The number of aryl methyl sites for hydroxylation is 1. The normalized spacial score (nSPS) is 10.3. The molecule has 0 saturated heterocycles. The molecule has 0 aliphatic carbocycles. The molecule has 0 spiro atoms. The standard InChI is InChI=1S/C11H12N2OS/c1-7-11(13-6-15-7)8-3-4-9(12)10(5-8)14-2/h3-6H,12H2,1-2H3. The molecule has 0 unspecified atom stereocenters. The van der Waals surface area contributed by atoms with E-state index in [-0.39, 0.29) is 0 Å². The summed E-state index contributed by atoms with van der Waals surface area (Å²) in [6, 6.07) is 5.71. The van der Waals surface area contributed by atoms with Crippen LogP contribution in [-0.2, 0) is 0 Å². The van der Waals surface area contributed by atoms with Gasteiger partial charge >= 0.3 is 0 Å². The molecule has 78 valence electrons. The van der Waals surface area contributed by atoms with Crippen molar-refractivity contribution in [3.8, 4) is 17.0 Å². The molecule has 1 heterocycles. The Balaban J connectivity index is 2.51. The highest BCUT2D eigenvalue weighted by atomic mass is 32.1. The number of methoxy groups -OCH3 is 1. The second-order valence-corrected chi connectivity index (χ2v) is 4.27. The summed E-state index contributed by atoms with van der Waals surface area (Å²) >= 11 is 1.63. The van der Waals surface area contributed by atoms with Crippen molar-refractivity contribution in [2.45, 2.75) is 6.92 Å². The van der Waals surface area contributed by atoms with Crippen LogP contribution in [0.5, 0.6) is 5.75 Å². The lowest BCUT2D eigenvalue weighted by molar-refractivity contribution is 0.417. The summed E-state index contributed by atoms with van der Waals surface area (Å²) in [5, 5.41) is 0. The third-order valence-corrected chi connectivity index (χ3v) is 3.01. The van der Waals surface area contributed by atoms with Crippen LogP contribution in [0.4, 0.5) is 5.69 Å². The predicted octanol–water partition coefficient (Wildman–Crippen LogP) is 2.71. The van der Waals surface area contributed by atoms with Gasteiger partial charge in [0.25, 0.3) is 0 Å². The second kappa shape index (κ2) is 3.90. The molecule has 0 aliphatic rings. The van der Waals surface area contributed by atoms with Gasteiger partial charge in [0.2, 0.25) is 0 Å². The minimum Gasteiger partial charge on any atom is -0.495 e. The fraction of sp³-hybridized carbons (Fsp3) is 0.182. The topological polar surface area (TPSA) is 48.1 Å². The van der Waals surface area contributed by atoms with Crippen molar-refractivity contribution in [2.75, 3.05) is 12.8 Å². The van der Waals surface area contributed by atoms with Gasteiger partial charge in [0, 0.05) is 10.4 Å². The summed E-state index contributed by atoms with van der Waals surface area (Å²) in [6.45, 7) is 2.05. The molecule has 0 aliphatic heterocycles. The van der Waals surface area contributed by atoms with E-state index in [0.29, 0.717) is 11.4 Å². The molecular weight excluding hydrogens is 208 g/mol. The van der Waals surface area contributed by atoms with Crippen molar-refractivity contribution in [3.05, 3.63) is 28.6 Å². The minimum absolute atomic E-state index is 0.647. The molecule has 0 atom stereocenters. The van der Waals surface area contributed by atoms with Gasteiger partial charge in [-0.2, -0.15) is 0 Å². The zero-order valence-corrected chi connectivity index (χ0v) is 9.47. The van der Waals surface area contributed by atoms with Crippen molar-refractivity contribution in [1.82, 2.24) is 4.98 Å². The van der Waals surface area contributed by atoms with Gasteiger partial charge in [-0.05, 0) is 19.1 Å². The smallest absolute Gasteiger partial charge is 0.142 e. The van der Waals surface area contributed by atoms with Gasteiger partial charge in [-0.25, -0.2) is 4.98 Å². The van der Waals surface area contributed by atoms with E-state index in [1.165, 1.54) is 4.88 Å². The number of nitrogen functional groups attached to an aromatic ring is 1. The van der Waals surface area contributed by atoms with Crippen molar-refractivity contribution in [2.24, 2.45) is 0 Å². The van der Waals surface area contributed by atoms with Gasteiger partial charge < -0.3 is 10.5 Å². The van der Waals surface area contributed by atoms with Crippen LogP contribution in [0, 0.1) is 6.92 Å². The first-order valence-electron chi connectivity index (χ1n) is 4.56. The average molecular weight is 220 g/mol. The Morgan fingerprint density at radius 1 is 1.40 bits per heavy atom. The SMILES string of the molecule is COc1cc(-c2ncsc2C)ccc1N. The lowest BCUT2D eigenvalue weighted by Gasteiger charge is -2.06. The molecule has 2 N–H and O–H groups in total. The maximum absolute atomic E-state index is 5.75. The first-order valence-corrected chi connectivity index (χ1v) is 5.44. The molecule has 1 aromatic carbocycles. The van der Waals surface area contributed by atoms with E-state index in [2.05, 4.69) is 11.9 Å². The molecule has 4 heteroatoms. The summed E-state index contributed by atoms with van der Waals surface area (Å²) in [5.41, 5.74) is 10.3. The largest absolute Gasteiger partial charge is 0.495 e. The van der Waals surface area contributed by atoms with Crippen molar-refractivity contribution in [3.63, 3.8) is 0 Å². The van der Waals surface area contributed by atoms with Gasteiger partial charge in [-0.15, -0.1) is 11.3 Å². The third kappa shape index (κ3) is 1.80. The highest BCUT2D eigenvalue weighted by Crippen LogP contribution is 2.30. The van der Waals surface area contributed by atoms with E-state index >= 15 is 0 Å². The molecular formula is C11H12N2OS. The van der Waals surface area contributed by atoms with Gasteiger partial charge in [0.05, 0.1) is 24.0 Å². The molecule has 0 amide bonds. The first-order chi connectivity index (χ1) is 7.22. The number of thiazole rings is 1. The molecule has 2 aromatic rings. The van der Waals surface area contributed by atoms with Crippen LogP contribution in [0.1, 0.15) is 4.88 Å². The van der Waals surface area contributed by atoms with Crippen LogP contribution in [0.3, 0.4) is 0 Å². The summed E-state index contributed by atoms with van der Waals surface area (Å²) in [7, 11) is 1.61. The van der Waals surface area contributed by atoms with E-state index in [4.69, 9.17) is 10.5 Å². The number of hydrogen-bond donors (Lipinski definition) is 1. The number of aromatic nitrogens is 1. The molecule has 0 radical (unpaired) electrons. The third-order valence-electron chi connectivity index (χ3n) is 2.25. The highest BCUT2D eigenvalue weighted by molar-refractivity contribution is 7.10. The van der Waals surface area contributed by atoms with Crippen LogP contribution in [0.2, 0.25) is 0 Å². The average Bonchev–Trinajstić information content (AvgIpc) is 2.65. The Morgan fingerprint density at radius 3 is 2.80 bits per heavy atom. The summed E-state index contributed by atoms with van der Waals surface area (Å²) in [4.78, 5) is 5.51. The number of nitrogens with two attached hydrogens (primary N) is 1. The first kappa shape index (κ1) is 9.98. The number of ether oxygens (including phenoxy) is 1. The Morgan fingerprint density at radius 2 is 2.20 bits per heavy atom. The van der Waals surface area contributed by atoms with E-state index in [1.54, 1.807) is 18.4 Å². The molecule has 0 bridgehead atoms. The van der Waals surface area contributed by atoms with Gasteiger partial charge in [-0.1, -0.05) is 6.07 Å². The lowest BCUT2D eigenvalue weighted by atomic mass is 10.1. The maximum atomic E-state index is 5.75. The fourth-order valence-corrected chi connectivity index (χ4v) is 2.04. The lowest BCUT2D eigenvalue weighted by Crippen LogP contribution is -1.92. The number of benzene rings is 1. The Labute approximate surface area is 92.5 Å². The van der Waals surface area contributed by atoms with Gasteiger partial charge in [-0.3, -0.25) is 0 Å². The number of anilines is 1. The second-order valence-electron chi connectivity index (χ2n) is 3.21. The van der Waals surface area contributed by atoms with Crippen LogP contribution in [-0.4, -0.2) is 12.1 Å². The minimum atomic E-state index is 0.647. The highest BCUT2D eigenvalue weighted by Gasteiger charge is 2.07. The zero-order chi connectivity index (χ0) is 10.8. The van der Waals surface area contributed by atoms with E-state index in [0.717, 1.165) is 11.3 Å². The Hall–Kier alpha value is -1.55. The number of rotatable bonds is 2. The van der Waals surface area contributed by atoms with Crippen LogP contribution < -0.4 is 10.5 Å². The van der Waals surface area contributed by atoms with E-state index < -0.39 is 0 Å². The number of nitrogens with zero attached hydrogens (tertiary/aromatic N) is 1. The van der Waals surface area contributed by atoms with Crippen molar-refractivity contribution in [1.29, 1.82) is 0 Å². The van der Waals surface area contributed by atoms with Crippen molar-refractivity contribution >= 4 is 17.0 Å². The van der Waals surface area contributed by atoms with Gasteiger partial charge in [0.15, 0.2) is 0 Å². The van der Waals surface area contributed by atoms with E-state index in [9.17, 15) is 0 Å². The van der Waals surface area contributed by atoms with Crippen LogP contribution in [0.25, 0.3) is 11.3 Å². The van der Waals surface area contributed by atoms with Crippen LogP contribution >= 0.6 is 11.3 Å². The van der Waals surface area contributed by atoms with Crippen molar-refractivity contribution < 1.29 is 4.74 Å². The van der Waals surface area contributed by atoms with Gasteiger partial charge in [0.1, 0.15) is 5.75 Å². The predicted molar refractivity (Wildman–Crippen MR) is 63.3 cm³/mol. The molecule has 0 saturated carbocycles. The van der Waals surface area contributed by atoms with Crippen LogP contribution in [0.15, 0.2) is 23.7 Å². The Bertz CT molecular complexity index is 479. The summed E-state index contributed by atoms with van der Waals surface area (Å²) in [6.07, 6.45) is 0. The quantitative estimate of drug-likeness (QED) is 0.791. The monoisotopic (exact) mass is 220 g/mol. The molecule has 3 nitrogen and oxygen atoms in total. The number of hydrogen-bond acceptors (Lipinski definition) is 4. The molecule has 0 fully saturated rings.